The summed E-state index contributed by atoms with van der Waals surface area (Å²) in [6.45, 7) is 1.29. The van der Waals surface area contributed by atoms with Crippen LogP contribution in [0.15, 0.2) is 0 Å². The molecule has 0 unspecified atom stereocenters. The molecule has 58 valence electrons. The number of terminal acetylenes is 1. The van der Waals surface area contributed by atoms with Crippen molar-refractivity contribution in [3.05, 3.63) is 0 Å². The number of aliphatic hydroxyl groups is 1. The summed E-state index contributed by atoms with van der Waals surface area (Å²) in [5, 5.41) is 17.9. The lowest BCUT2D eigenvalue weighted by molar-refractivity contribution is 0.0562. The second-order valence-electron chi connectivity index (χ2n) is 2.97. The topological polar surface area (TPSA) is 44.0 Å². The van der Waals surface area contributed by atoms with Crippen LogP contribution in [0, 0.1) is 29.1 Å². The highest BCUT2D eigenvalue weighted by Crippen LogP contribution is 2.55. The Hall–Kier alpha value is -1.06. The lowest BCUT2D eigenvalue weighted by Gasteiger charge is -2.20. The van der Waals surface area contributed by atoms with E-state index in [0.717, 1.165) is 0 Å². The Bertz CT molecular complexity index is 260. The maximum absolute atomic E-state index is 12.6. The molecule has 0 spiro atoms. The van der Waals surface area contributed by atoms with Crippen molar-refractivity contribution in [3.8, 4) is 18.4 Å². The van der Waals surface area contributed by atoms with Gasteiger partial charge in [-0.05, 0) is 6.92 Å². The van der Waals surface area contributed by atoms with E-state index in [0.29, 0.717) is 0 Å². The van der Waals surface area contributed by atoms with E-state index in [1.54, 1.807) is 6.07 Å². The first-order chi connectivity index (χ1) is 5.00. The van der Waals surface area contributed by atoms with E-state index in [9.17, 15) is 9.50 Å². The average Bonchev–Trinajstić information content (AvgIpc) is 2.63. The molecule has 0 bridgehead atoms. The number of halogens is 1. The fourth-order valence-corrected chi connectivity index (χ4v) is 1.08. The van der Waals surface area contributed by atoms with Gasteiger partial charge >= 0.3 is 0 Å². The summed E-state index contributed by atoms with van der Waals surface area (Å²) in [5.74, 6) is 2.02. The van der Waals surface area contributed by atoms with Crippen LogP contribution >= 0.6 is 0 Å². The number of nitriles is 1. The third-order valence-corrected chi connectivity index (χ3v) is 2.23. The minimum absolute atomic E-state index is 0.0424. The molecule has 0 aromatic heterocycles. The second-order valence-corrected chi connectivity index (χ2v) is 2.97. The number of alkyl halides is 1. The maximum atomic E-state index is 12.6. The van der Waals surface area contributed by atoms with Crippen LogP contribution in [0.1, 0.15) is 13.3 Å². The average molecular weight is 153 g/mol. The molecule has 1 fully saturated rings. The zero-order valence-corrected chi connectivity index (χ0v) is 6.13. The van der Waals surface area contributed by atoms with Gasteiger partial charge in [-0.3, -0.25) is 0 Å². The molecule has 0 saturated heterocycles. The Morgan fingerprint density at radius 1 is 1.91 bits per heavy atom. The molecule has 1 aliphatic carbocycles. The van der Waals surface area contributed by atoms with Gasteiger partial charge in [-0.2, -0.15) is 5.26 Å². The van der Waals surface area contributed by atoms with E-state index in [1.807, 2.05) is 5.92 Å². The zero-order valence-electron chi connectivity index (χ0n) is 6.13. The van der Waals surface area contributed by atoms with Crippen LogP contribution in [0.25, 0.3) is 0 Å². The van der Waals surface area contributed by atoms with Gasteiger partial charge in [0.15, 0.2) is 0 Å². The number of nitrogens with zero attached hydrogens (tertiary/aromatic N) is 1. The summed E-state index contributed by atoms with van der Waals surface area (Å²) >= 11 is 0. The molecule has 3 atom stereocenters. The van der Waals surface area contributed by atoms with Crippen molar-refractivity contribution in [2.45, 2.75) is 25.1 Å². The molecule has 0 amide bonds. The van der Waals surface area contributed by atoms with E-state index in [1.165, 1.54) is 6.92 Å². The first-order valence-corrected chi connectivity index (χ1v) is 3.25. The normalized spacial score (nSPS) is 39.9. The third-order valence-electron chi connectivity index (χ3n) is 2.23. The molecule has 1 saturated carbocycles. The molecule has 11 heavy (non-hydrogen) atoms. The van der Waals surface area contributed by atoms with Crippen molar-refractivity contribution in [2.24, 2.45) is 5.41 Å². The van der Waals surface area contributed by atoms with Crippen molar-refractivity contribution in [1.29, 1.82) is 5.26 Å². The summed E-state index contributed by atoms with van der Waals surface area (Å²) in [4.78, 5) is 0. The van der Waals surface area contributed by atoms with Gasteiger partial charge in [0.2, 0.25) is 0 Å². The first-order valence-electron chi connectivity index (χ1n) is 3.25. The van der Waals surface area contributed by atoms with E-state index in [2.05, 4.69) is 0 Å². The fraction of sp³-hybridized carbons (Fsp3) is 0.625. The van der Waals surface area contributed by atoms with E-state index < -0.39 is 17.2 Å². The zero-order chi connectivity index (χ0) is 8.70. The monoisotopic (exact) mass is 153 g/mol. The predicted molar refractivity (Wildman–Crippen MR) is 37.0 cm³/mol. The van der Waals surface area contributed by atoms with Crippen molar-refractivity contribution in [2.75, 3.05) is 0 Å². The second kappa shape index (κ2) is 1.96. The third kappa shape index (κ3) is 0.818. The van der Waals surface area contributed by atoms with Crippen LogP contribution < -0.4 is 0 Å². The highest BCUT2D eigenvalue weighted by Gasteiger charge is 2.66. The minimum atomic E-state index is -1.64. The van der Waals surface area contributed by atoms with Crippen LogP contribution in [0.3, 0.4) is 0 Å². The summed E-state index contributed by atoms with van der Waals surface area (Å²) in [7, 11) is 0. The van der Waals surface area contributed by atoms with Crippen LogP contribution in [-0.2, 0) is 0 Å². The Kier molecular flexibility index (Phi) is 1.44. The lowest BCUT2D eigenvalue weighted by atomic mass is 9.88. The molecule has 0 aromatic carbocycles. The quantitative estimate of drug-likeness (QED) is 0.561. The van der Waals surface area contributed by atoms with Crippen LogP contribution in [0.4, 0.5) is 4.39 Å². The van der Waals surface area contributed by atoms with Gasteiger partial charge in [-0.15, -0.1) is 6.42 Å². The molecule has 3 heteroatoms. The van der Waals surface area contributed by atoms with E-state index >= 15 is 0 Å². The lowest BCUT2D eigenvalue weighted by Crippen LogP contribution is -2.35. The van der Waals surface area contributed by atoms with Crippen LogP contribution in [-0.4, -0.2) is 16.9 Å². The Morgan fingerprint density at radius 2 is 2.36 bits per heavy atom. The highest BCUT2D eigenvalue weighted by molar-refractivity contribution is 5.32. The standard InChI is InChI=1S/C8H8FNO/c1-3-7(2,11)8(5-10)4-6(8)9/h1,6,11H,4H2,2H3/t6-,7-,8-/m0/s1. The Morgan fingerprint density at radius 3 is 2.45 bits per heavy atom. The van der Waals surface area contributed by atoms with Gasteiger partial charge in [-0.1, -0.05) is 5.92 Å². The molecule has 0 aliphatic heterocycles. The number of hydrogen-bond acceptors (Lipinski definition) is 2. The summed E-state index contributed by atoms with van der Waals surface area (Å²) < 4.78 is 12.6. The molecule has 0 radical (unpaired) electrons. The van der Waals surface area contributed by atoms with Gasteiger partial charge in [-0.25, -0.2) is 4.39 Å². The van der Waals surface area contributed by atoms with Crippen molar-refractivity contribution < 1.29 is 9.50 Å². The molecular weight excluding hydrogens is 145 g/mol. The van der Waals surface area contributed by atoms with Gasteiger partial charge in [0.05, 0.1) is 6.07 Å². The Labute approximate surface area is 64.6 Å². The van der Waals surface area contributed by atoms with Crippen LogP contribution in [0.2, 0.25) is 0 Å². The number of hydrogen-bond donors (Lipinski definition) is 1. The van der Waals surface area contributed by atoms with Gasteiger partial charge in [0.25, 0.3) is 0 Å². The molecule has 2 nitrogen and oxygen atoms in total. The predicted octanol–water partition coefficient (Wildman–Crippen LogP) is 0.622. The summed E-state index contributed by atoms with van der Waals surface area (Å²) in [6.07, 6.45) is 3.72. The molecule has 1 N–H and O–H groups in total. The fourth-order valence-electron chi connectivity index (χ4n) is 1.08. The largest absolute Gasteiger partial charge is 0.376 e. The smallest absolute Gasteiger partial charge is 0.143 e. The van der Waals surface area contributed by atoms with Crippen molar-refractivity contribution in [3.63, 3.8) is 0 Å². The Balaban J connectivity index is 2.94. The molecule has 0 heterocycles. The molecule has 0 aromatic rings. The van der Waals surface area contributed by atoms with Crippen molar-refractivity contribution >= 4 is 0 Å². The molecule has 1 rings (SSSR count). The number of rotatable bonds is 1. The molecule has 1 aliphatic rings. The van der Waals surface area contributed by atoms with Gasteiger partial charge in [0.1, 0.15) is 17.2 Å². The van der Waals surface area contributed by atoms with E-state index in [-0.39, 0.29) is 6.42 Å². The summed E-state index contributed by atoms with van der Waals surface area (Å²) in [6, 6.07) is 1.73. The van der Waals surface area contributed by atoms with Gasteiger partial charge < -0.3 is 5.11 Å². The van der Waals surface area contributed by atoms with Gasteiger partial charge in [0, 0.05) is 6.42 Å². The van der Waals surface area contributed by atoms with E-state index in [4.69, 9.17) is 11.7 Å². The summed E-state index contributed by atoms with van der Waals surface area (Å²) in [5.41, 5.74) is -2.98. The SMILES string of the molecule is C#C[C@](C)(O)[C@]1(C#N)C[C@@H]1F. The van der Waals surface area contributed by atoms with Crippen LogP contribution in [0.5, 0.6) is 0 Å². The van der Waals surface area contributed by atoms with Crippen molar-refractivity contribution in [1.82, 2.24) is 0 Å². The maximum Gasteiger partial charge on any atom is 0.143 e. The first kappa shape index (κ1) is 8.04. The minimum Gasteiger partial charge on any atom is -0.376 e. The highest BCUT2D eigenvalue weighted by atomic mass is 19.1. The molecular formula is C8H8FNO.